The number of alkyl halides is 3. The molecule has 0 atom stereocenters. The van der Waals surface area contributed by atoms with Gasteiger partial charge in [0.2, 0.25) is 0 Å². The highest BCUT2D eigenvalue weighted by Crippen LogP contribution is 2.47. The van der Waals surface area contributed by atoms with Gasteiger partial charge in [-0.1, -0.05) is 13.8 Å². The summed E-state index contributed by atoms with van der Waals surface area (Å²) in [6.07, 6.45) is -3.28. The van der Waals surface area contributed by atoms with Crippen LogP contribution in [0.3, 0.4) is 0 Å². The van der Waals surface area contributed by atoms with E-state index in [2.05, 4.69) is 11.1 Å². The third-order valence-corrected chi connectivity index (χ3v) is 3.26. The molecule has 0 aromatic carbocycles. The maximum atomic E-state index is 12.8. The first-order chi connectivity index (χ1) is 8.28. The molecule has 2 nitrogen and oxygen atoms in total. The van der Waals surface area contributed by atoms with E-state index in [-0.39, 0.29) is 11.6 Å². The lowest BCUT2D eigenvalue weighted by molar-refractivity contribution is -0.141. The van der Waals surface area contributed by atoms with E-state index >= 15 is 0 Å². The molecule has 96 valence electrons. The molecular formula is C13H13F3N2. The van der Waals surface area contributed by atoms with E-state index in [0.29, 0.717) is 18.4 Å². The highest BCUT2D eigenvalue weighted by molar-refractivity contribution is 5.38. The van der Waals surface area contributed by atoms with Gasteiger partial charge < -0.3 is 0 Å². The third-order valence-electron chi connectivity index (χ3n) is 3.26. The molecule has 1 saturated carbocycles. The molecule has 0 unspecified atom stereocenters. The molecule has 0 amide bonds. The zero-order chi connectivity index (χ0) is 13.6. The number of hydrogen-bond acceptors (Lipinski definition) is 2. The number of nitriles is 1. The number of nitrogens with zero attached hydrogens (tertiary/aromatic N) is 2. The van der Waals surface area contributed by atoms with Gasteiger partial charge in [-0.05, 0) is 36.5 Å². The summed E-state index contributed by atoms with van der Waals surface area (Å²) >= 11 is 0. The Kier molecular flexibility index (Phi) is 2.84. The molecule has 5 heteroatoms. The van der Waals surface area contributed by atoms with Gasteiger partial charge in [-0.15, -0.1) is 0 Å². The van der Waals surface area contributed by atoms with Crippen LogP contribution in [0, 0.1) is 11.3 Å². The summed E-state index contributed by atoms with van der Waals surface area (Å²) in [5, 5.41) is 9.06. The van der Waals surface area contributed by atoms with Crippen molar-refractivity contribution >= 4 is 0 Å². The van der Waals surface area contributed by atoms with Gasteiger partial charge in [0.25, 0.3) is 0 Å². The van der Waals surface area contributed by atoms with Crippen molar-refractivity contribution in [1.29, 1.82) is 5.26 Å². The highest BCUT2D eigenvalue weighted by atomic mass is 19.4. The fourth-order valence-electron chi connectivity index (χ4n) is 1.83. The van der Waals surface area contributed by atoms with Crippen LogP contribution in [-0.4, -0.2) is 4.98 Å². The second-order valence-electron chi connectivity index (χ2n) is 5.02. The Morgan fingerprint density at radius 2 is 1.94 bits per heavy atom. The van der Waals surface area contributed by atoms with Gasteiger partial charge in [0.05, 0.1) is 17.2 Å². The molecule has 2 rings (SSSR count). The summed E-state index contributed by atoms with van der Waals surface area (Å²) in [5.74, 6) is -0.0256. The van der Waals surface area contributed by atoms with Gasteiger partial charge in [0.1, 0.15) is 5.69 Å². The van der Waals surface area contributed by atoms with Crippen molar-refractivity contribution in [2.75, 3.05) is 0 Å². The lowest BCUT2D eigenvalue weighted by Crippen LogP contribution is -2.15. The largest absolute Gasteiger partial charge is 0.433 e. The van der Waals surface area contributed by atoms with Gasteiger partial charge in [0, 0.05) is 0 Å². The summed E-state index contributed by atoms with van der Waals surface area (Å²) < 4.78 is 38.3. The predicted molar refractivity (Wildman–Crippen MR) is 59.9 cm³/mol. The molecule has 0 N–H and O–H groups in total. The van der Waals surface area contributed by atoms with Gasteiger partial charge in [-0.25, -0.2) is 4.98 Å². The molecule has 0 saturated heterocycles. The van der Waals surface area contributed by atoms with E-state index in [9.17, 15) is 13.2 Å². The van der Waals surface area contributed by atoms with Crippen molar-refractivity contribution in [3.8, 4) is 6.07 Å². The first kappa shape index (κ1) is 12.9. The smallest absolute Gasteiger partial charge is 0.247 e. The molecule has 1 fully saturated rings. The monoisotopic (exact) mass is 254 g/mol. The lowest BCUT2D eigenvalue weighted by atomic mass is 9.96. The molecule has 1 aliphatic carbocycles. The molecule has 1 aliphatic rings. The maximum absolute atomic E-state index is 12.8. The Hall–Kier alpha value is -1.57. The Balaban J connectivity index is 2.55. The number of rotatable bonds is 2. The topological polar surface area (TPSA) is 36.7 Å². The van der Waals surface area contributed by atoms with Crippen molar-refractivity contribution in [1.82, 2.24) is 4.98 Å². The lowest BCUT2D eigenvalue weighted by Gasteiger charge is -2.15. The minimum atomic E-state index is -4.47. The van der Waals surface area contributed by atoms with Gasteiger partial charge in [-0.2, -0.15) is 18.4 Å². The third kappa shape index (κ3) is 2.20. The molecule has 1 aromatic heterocycles. The molecular weight excluding hydrogens is 241 g/mol. The second kappa shape index (κ2) is 3.98. The van der Waals surface area contributed by atoms with E-state index in [1.807, 2.05) is 13.8 Å². The van der Waals surface area contributed by atoms with Crippen LogP contribution in [0.2, 0.25) is 0 Å². The van der Waals surface area contributed by atoms with Crippen molar-refractivity contribution in [2.45, 2.75) is 44.2 Å². The predicted octanol–water partition coefficient (Wildman–Crippen LogP) is 3.78. The molecule has 1 aromatic rings. The molecule has 0 bridgehead atoms. The van der Waals surface area contributed by atoms with Crippen LogP contribution in [0.25, 0.3) is 0 Å². The fourth-order valence-corrected chi connectivity index (χ4v) is 1.83. The Morgan fingerprint density at radius 3 is 2.33 bits per heavy atom. The summed E-state index contributed by atoms with van der Waals surface area (Å²) in [5.41, 5.74) is -0.840. The summed E-state index contributed by atoms with van der Waals surface area (Å²) in [7, 11) is 0. The quantitative estimate of drug-likeness (QED) is 0.805. The SMILES string of the molecule is CC(C)c1cc(C(F)(F)F)nc(C2(C#N)CC2)c1. The van der Waals surface area contributed by atoms with Crippen LogP contribution in [0.15, 0.2) is 12.1 Å². The average molecular weight is 254 g/mol. The minimum Gasteiger partial charge on any atom is -0.247 e. The van der Waals surface area contributed by atoms with E-state index in [4.69, 9.17) is 5.26 Å². The van der Waals surface area contributed by atoms with E-state index in [1.54, 1.807) is 6.07 Å². The summed E-state index contributed by atoms with van der Waals surface area (Å²) in [4.78, 5) is 3.64. The second-order valence-corrected chi connectivity index (χ2v) is 5.02. The van der Waals surface area contributed by atoms with Crippen molar-refractivity contribution in [3.63, 3.8) is 0 Å². The Bertz CT molecular complexity index is 508. The van der Waals surface area contributed by atoms with Crippen LogP contribution in [-0.2, 0) is 11.6 Å². The standard InChI is InChI=1S/C13H13F3N2/c1-8(2)9-5-10(12(7-17)3-4-12)18-11(6-9)13(14,15)16/h5-6,8H,3-4H2,1-2H3. The van der Waals surface area contributed by atoms with Crippen molar-refractivity contribution in [3.05, 3.63) is 29.1 Å². The molecule has 0 spiro atoms. The Labute approximate surface area is 103 Å². The van der Waals surface area contributed by atoms with Crippen LogP contribution in [0.1, 0.15) is 49.6 Å². The minimum absolute atomic E-state index is 0.0256. The van der Waals surface area contributed by atoms with Gasteiger partial charge in [-0.3, -0.25) is 0 Å². The zero-order valence-corrected chi connectivity index (χ0v) is 10.2. The average Bonchev–Trinajstić information content (AvgIpc) is 3.08. The first-order valence-electron chi connectivity index (χ1n) is 5.79. The van der Waals surface area contributed by atoms with Crippen LogP contribution in [0.4, 0.5) is 13.2 Å². The van der Waals surface area contributed by atoms with Crippen LogP contribution < -0.4 is 0 Å². The highest BCUT2D eigenvalue weighted by Gasteiger charge is 2.47. The number of aromatic nitrogens is 1. The summed E-state index contributed by atoms with van der Waals surface area (Å²) in [6.45, 7) is 3.65. The molecule has 0 aliphatic heterocycles. The molecule has 18 heavy (non-hydrogen) atoms. The number of hydrogen-bond donors (Lipinski definition) is 0. The molecule has 1 heterocycles. The Morgan fingerprint density at radius 1 is 1.33 bits per heavy atom. The molecule has 0 radical (unpaired) electrons. The van der Waals surface area contributed by atoms with Crippen LogP contribution >= 0.6 is 0 Å². The number of pyridine rings is 1. The fraction of sp³-hybridized carbons (Fsp3) is 0.538. The van der Waals surface area contributed by atoms with E-state index < -0.39 is 17.3 Å². The van der Waals surface area contributed by atoms with Gasteiger partial charge in [0.15, 0.2) is 0 Å². The first-order valence-corrected chi connectivity index (χ1v) is 5.79. The van der Waals surface area contributed by atoms with Gasteiger partial charge >= 0.3 is 6.18 Å². The van der Waals surface area contributed by atoms with Crippen LogP contribution in [0.5, 0.6) is 0 Å². The maximum Gasteiger partial charge on any atom is 0.433 e. The van der Waals surface area contributed by atoms with Crippen molar-refractivity contribution < 1.29 is 13.2 Å². The summed E-state index contributed by atoms with van der Waals surface area (Å²) in [6, 6.07) is 4.79. The van der Waals surface area contributed by atoms with E-state index in [1.165, 1.54) is 0 Å². The van der Waals surface area contributed by atoms with Crippen molar-refractivity contribution in [2.24, 2.45) is 0 Å². The normalized spacial score (nSPS) is 17.6. The number of halogens is 3. The van der Waals surface area contributed by atoms with E-state index in [0.717, 1.165) is 6.07 Å². The zero-order valence-electron chi connectivity index (χ0n) is 10.2.